The molecule has 0 fully saturated rings. The monoisotopic (exact) mass is 935 g/mol. The van der Waals surface area contributed by atoms with E-state index in [2.05, 4.69) is 130 Å². The number of carboxylic acids is 2. The first kappa shape index (κ1) is 50.9. The third kappa shape index (κ3) is 10.8. The summed E-state index contributed by atoms with van der Waals surface area (Å²) in [5.74, 6) is -2.78. The summed E-state index contributed by atoms with van der Waals surface area (Å²) in [4.78, 5) is 23.2. The zero-order valence-corrected chi connectivity index (χ0v) is 42.9. The molecule has 0 aliphatic heterocycles. The number of aromatic hydroxyl groups is 2. The molecule has 0 atom stereocenters. The van der Waals surface area contributed by atoms with Gasteiger partial charge in [0.2, 0.25) is 0 Å². The number of benzene rings is 7. The first-order chi connectivity index (χ1) is 33.4. The minimum atomic E-state index is -1.15. The fraction of sp³-hybridized carbons (Fsp3) is 0.312. The van der Waals surface area contributed by atoms with Crippen LogP contribution in [0.15, 0.2) is 97.1 Å². The lowest BCUT2D eigenvalue weighted by Gasteiger charge is -2.22. The Morgan fingerprint density at radius 1 is 0.343 bits per heavy atom. The van der Waals surface area contributed by atoms with Crippen LogP contribution in [0.1, 0.15) is 142 Å². The van der Waals surface area contributed by atoms with Gasteiger partial charge in [-0.2, -0.15) is 0 Å². The summed E-state index contributed by atoms with van der Waals surface area (Å²) in [7, 11) is 0. The van der Waals surface area contributed by atoms with Crippen molar-refractivity contribution >= 4 is 11.9 Å². The molecule has 7 rings (SSSR count). The molecular weight excluding hydrogens is 865 g/mol. The number of aryl methyl sites for hydroxylation is 10. The van der Waals surface area contributed by atoms with Gasteiger partial charge in [0, 0.05) is 0 Å². The number of unbranched alkanes of at least 4 members (excludes halogenated alkanes) is 6. The number of carbonyl (C=O) groups is 2. The van der Waals surface area contributed by atoms with Crippen molar-refractivity contribution in [2.24, 2.45) is 0 Å². The van der Waals surface area contributed by atoms with Crippen LogP contribution in [-0.2, 0) is 12.8 Å². The molecule has 70 heavy (non-hydrogen) atoms. The SMILES string of the molecule is CCCCCCc1cc(-c2cc(C)c(-c3cc(C)c(-c4ccc(C(=O)O)c(O)c4)cc3C)cc2C)c(CCCCCC)cc1-c1cc(C)c(-c2cc(C)c(-c3ccc(C(=O)O)c(O)c3)cc2C)cc1C. The summed E-state index contributed by atoms with van der Waals surface area (Å²) in [6.45, 7) is 21.9. The van der Waals surface area contributed by atoms with Gasteiger partial charge in [0.1, 0.15) is 22.6 Å². The average molecular weight is 935 g/mol. The van der Waals surface area contributed by atoms with E-state index < -0.39 is 11.9 Å². The fourth-order valence-electron chi connectivity index (χ4n) is 10.5. The molecule has 0 radical (unpaired) electrons. The molecule has 0 aliphatic rings. The molecule has 0 heterocycles. The van der Waals surface area contributed by atoms with E-state index >= 15 is 0 Å². The summed E-state index contributed by atoms with van der Waals surface area (Å²) >= 11 is 0. The Morgan fingerprint density at radius 3 is 0.886 bits per heavy atom. The van der Waals surface area contributed by atoms with Crippen molar-refractivity contribution in [3.63, 3.8) is 0 Å². The molecule has 0 spiro atoms. The van der Waals surface area contributed by atoms with Crippen molar-refractivity contribution in [2.75, 3.05) is 0 Å². The maximum Gasteiger partial charge on any atom is 0.339 e. The second-order valence-electron chi connectivity index (χ2n) is 19.8. The molecule has 4 N–H and O–H groups in total. The minimum absolute atomic E-state index is 0.109. The summed E-state index contributed by atoms with van der Waals surface area (Å²) in [6.07, 6.45) is 11.4. The lowest BCUT2D eigenvalue weighted by molar-refractivity contribution is 0.0682. The van der Waals surface area contributed by atoms with Crippen LogP contribution in [0.2, 0.25) is 0 Å². The van der Waals surface area contributed by atoms with E-state index in [0.717, 1.165) is 81.3 Å². The predicted molar refractivity (Wildman–Crippen MR) is 290 cm³/mol. The van der Waals surface area contributed by atoms with Crippen LogP contribution >= 0.6 is 0 Å². The summed E-state index contributed by atoms with van der Waals surface area (Å²) in [6, 6.07) is 32.9. The van der Waals surface area contributed by atoms with Gasteiger partial charge in [-0.1, -0.05) is 125 Å². The number of carboxylic acid groups (broad SMARTS) is 2. The van der Waals surface area contributed by atoms with Gasteiger partial charge in [0.05, 0.1) is 0 Å². The highest BCUT2D eigenvalue weighted by molar-refractivity contribution is 5.93. The maximum atomic E-state index is 11.6. The quantitative estimate of drug-likeness (QED) is 0.0637. The van der Waals surface area contributed by atoms with E-state index in [4.69, 9.17) is 0 Å². The summed E-state index contributed by atoms with van der Waals surface area (Å²) < 4.78 is 0. The summed E-state index contributed by atoms with van der Waals surface area (Å²) in [5, 5.41) is 39.9. The van der Waals surface area contributed by atoms with Crippen LogP contribution in [-0.4, -0.2) is 32.4 Å². The number of hydrogen-bond donors (Lipinski definition) is 4. The molecule has 0 bridgehead atoms. The second-order valence-corrected chi connectivity index (χ2v) is 19.8. The van der Waals surface area contributed by atoms with Crippen LogP contribution in [0, 0.1) is 55.4 Å². The first-order valence-corrected chi connectivity index (χ1v) is 25.2. The lowest BCUT2D eigenvalue weighted by Crippen LogP contribution is -2.02. The highest BCUT2D eigenvalue weighted by Crippen LogP contribution is 2.43. The van der Waals surface area contributed by atoms with Crippen LogP contribution < -0.4 is 0 Å². The number of aromatic carboxylic acids is 2. The van der Waals surface area contributed by atoms with E-state index in [9.17, 15) is 30.0 Å². The molecule has 0 amide bonds. The Morgan fingerprint density at radius 2 is 0.614 bits per heavy atom. The molecule has 6 heteroatoms. The van der Waals surface area contributed by atoms with Gasteiger partial charge in [-0.15, -0.1) is 0 Å². The topological polar surface area (TPSA) is 115 Å². The molecule has 362 valence electrons. The van der Waals surface area contributed by atoms with Crippen molar-refractivity contribution < 1.29 is 30.0 Å². The first-order valence-electron chi connectivity index (χ1n) is 25.2. The fourth-order valence-corrected chi connectivity index (χ4v) is 10.5. The van der Waals surface area contributed by atoms with Crippen molar-refractivity contribution in [1.82, 2.24) is 0 Å². The average Bonchev–Trinajstić information content (AvgIpc) is 3.31. The Hall–Kier alpha value is -6.92. The van der Waals surface area contributed by atoms with Crippen LogP contribution in [0.4, 0.5) is 0 Å². The Bertz CT molecular complexity index is 2920. The van der Waals surface area contributed by atoms with Crippen LogP contribution in [0.3, 0.4) is 0 Å². The van der Waals surface area contributed by atoms with Crippen molar-refractivity contribution in [2.45, 2.75) is 133 Å². The van der Waals surface area contributed by atoms with Gasteiger partial charge in [-0.3, -0.25) is 0 Å². The predicted octanol–water partition coefficient (Wildman–Crippen LogP) is 17.2. The van der Waals surface area contributed by atoms with E-state index in [1.807, 2.05) is 0 Å². The van der Waals surface area contributed by atoms with Crippen molar-refractivity contribution in [1.29, 1.82) is 0 Å². The molecule has 7 aromatic rings. The minimum Gasteiger partial charge on any atom is -0.507 e. The third-order valence-electron chi connectivity index (χ3n) is 14.5. The van der Waals surface area contributed by atoms with Gasteiger partial charge in [0.15, 0.2) is 0 Å². The van der Waals surface area contributed by atoms with Gasteiger partial charge in [0.25, 0.3) is 0 Å². The molecule has 0 saturated heterocycles. The normalized spacial score (nSPS) is 11.3. The molecule has 0 unspecified atom stereocenters. The Balaban J connectivity index is 1.31. The standard InChI is InChI=1S/C64H70O6/c1-11-13-15-17-19-45-33-60(58-32-42(8)56(30-44(58)10)54-28-38(4)52(26-40(54)6)48-22-24-50(64(69)70)62(66)36-48)46(20-18-16-14-12-2)34-59(45)57-31-41(7)55(29-43(57)9)53-27-37(3)51(25-39(53)5)47-21-23-49(63(67)68)61(65)35-47/h21-36,65-66H,11-20H2,1-10H3,(H,67,68)(H,69,70). The highest BCUT2D eigenvalue weighted by atomic mass is 16.4. The Kier molecular flexibility index (Phi) is 15.9. The van der Waals surface area contributed by atoms with E-state index in [-0.39, 0.29) is 22.6 Å². The van der Waals surface area contributed by atoms with Crippen LogP contribution in [0.5, 0.6) is 11.5 Å². The number of phenols is 2. The van der Waals surface area contributed by atoms with Crippen LogP contribution in [0.25, 0.3) is 66.8 Å². The lowest BCUT2D eigenvalue weighted by atomic mass is 9.82. The number of rotatable bonds is 18. The smallest absolute Gasteiger partial charge is 0.339 e. The van der Waals surface area contributed by atoms with Gasteiger partial charge >= 0.3 is 11.9 Å². The van der Waals surface area contributed by atoms with E-state index in [1.54, 1.807) is 24.3 Å². The molecule has 0 aliphatic carbocycles. The highest BCUT2D eigenvalue weighted by Gasteiger charge is 2.21. The van der Waals surface area contributed by atoms with Gasteiger partial charge < -0.3 is 20.4 Å². The largest absolute Gasteiger partial charge is 0.507 e. The Labute approximate surface area is 415 Å². The van der Waals surface area contributed by atoms with Gasteiger partial charge in [-0.25, -0.2) is 9.59 Å². The van der Waals surface area contributed by atoms with Crippen molar-refractivity contribution in [3.8, 4) is 78.3 Å². The van der Waals surface area contributed by atoms with Crippen molar-refractivity contribution in [3.05, 3.63) is 164 Å². The molecule has 0 aromatic heterocycles. The zero-order chi connectivity index (χ0) is 50.6. The molecular formula is C64H70O6. The maximum absolute atomic E-state index is 11.6. The molecule has 6 nitrogen and oxygen atoms in total. The van der Waals surface area contributed by atoms with E-state index in [1.165, 1.54) is 117 Å². The van der Waals surface area contributed by atoms with E-state index in [0.29, 0.717) is 0 Å². The second kappa shape index (κ2) is 21.8. The number of hydrogen-bond acceptors (Lipinski definition) is 4. The molecule has 7 aromatic carbocycles. The zero-order valence-electron chi connectivity index (χ0n) is 42.9. The van der Waals surface area contributed by atoms with Gasteiger partial charge in [-0.05, 0) is 228 Å². The molecule has 0 saturated carbocycles. The summed E-state index contributed by atoms with van der Waals surface area (Å²) in [5.41, 5.74) is 25.2. The third-order valence-corrected chi connectivity index (χ3v) is 14.5.